The zero-order chi connectivity index (χ0) is 21.8. The third-order valence-corrected chi connectivity index (χ3v) is 5.08. The molecular formula is C22H15Cl3N4O2. The zero-order valence-corrected chi connectivity index (χ0v) is 18.3. The number of aromatic nitrogens is 3. The Bertz CT molecular complexity index is 1280. The minimum absolute atomic E-state index is 0.185. The van der Waals surface area contributed by atoms with E-state index in [1.54, 1.807) is 24.4 Å². The first kappa shape index (κ1) is 21.3. The van der Waals surface area contributed by atoms with Gasteiger partial charge in [-0.2, -0.15) is 0 Å². The van der Waals surface area contributed by atoms with Gasteiger partial charge in [0.25, 0.3) is 0 Å². The van der Waals surface area contributed by atoms with Crippen LogP contribution in [0.1, 0.15) is 5.69 Å². The maximum atomic E-state index is 7.47. The molecule has 6 nitrogen and oxygen atoms in total. The molecule has 2 aromatic heterocycles. The summed E-state index contributed by atoms with van der Waals surface area (Å²) >= 11 is 17.9. The molecule has 0 spiro atoms. The molecule has 0 N–H and O–H groups in total. The largest absolute Gasteiger partial charge is 0.502 e. The van der Waals surface area contributed by atoms with Crippen molar-refractivity contribution in [1.29, 1.82) is 0 Å². The second kappa shape index (κ2) is 9.44. The molecule has 9 heteroatoms. The summed E-state index contributed by atoms with van der Waals surface area (Å²) in [5, 5.41) is 1.52. The molecule has 0 unspecified atom stereocenters. The Morgan fingerprint density at radius 3 is 2.71 bits per heavy atom. The lowest BCUT2D eigenvalue weighted by atomic mass is 10.2. The van der Waals surface area contributed by atoms with Crippen LogP contribution in [0.3, 0.4) is 0 Å². The van der Waals surface area contributed by atoms with Crippen molar-refractivity contribution in [3.8, 4) is 17.2 Å². The second-order valence-corrected chi connectivity index (χ2v) is 7.56. The van der Waals surface area contributed by atoms with Crippen LogP contribution in [0.5, 0.6) is 11.5 Å². The van der Waals surface area contributed by atoms with Gasteiger partial charge in [0.15, 0.2) is 0 Å². The number of hydrogen-bond donors (Lipinski definition) is 0. The Morgan fingerprint density at radius 1 is 1.06 bits per heavy atom. The molecule has 2 aromatic carbocycles. The number of alkyl halides is 1. The molecule has 4 aromatic rings. The molecule has 0 saturated heterocycles. The van der Waals surface area contributed by atoms with Gasteiger partial charge in [-0.25, -0.2) is 14.8 Å². The summed E-state index contributed by atoms with van der Waals surface area (Å²) in [6, 6.07) is 13.0. The van der Waals surface area contributed by atoms with Gasteiger partial charge in [-0.1, -0.05) is 11.6 Å². The summed E-state index contributed by atoms with van der Waals surface area (Å²) in [7, 11) is 0. The van der Waals surface area contributed by atoms with Crippen molar-refractivity contribution < 1.29 is 9.47 Å². The molecule has 0 bridgehead atoms. The Hall–Kier alpha value is -2.98. The van der Waals surface area contributed by atoms with Gasteiger partial charge in [-0.15, -0.1) is 11.6 Å². The van der Waals surface area contributed by atoms with Gasteiger partial charge in [0.1, 0.15) is 18.1 Å². The van der Waals surface area contributed by atoms with Crippen molar-refractivity contribution in [3.63, 3.8) is 0 Å². The first-order valence-corrected chi connectivity index (χ1v) is 10.5. The fourth-order valence-electron chi connectivity index (χ4n) is 3.11. The molecule has 0 aliphatic rings. The van der Waals surface area contributed by atoms with E-state index >= 15 is 0 Å². The predicted molar refractivity (Wildman–Crippen MR) is 122 cm³/mol. The molecule has 0 aliphatic carbocycles. The first-order valence-electron chi connectivity index (χ1n) is 9.20. The quantitative estimate of drug-likeness (QED) is 0.175. The monoisotopic (exact) mass is 472 g/mol. The van der Waals surface area contributed by atoms with E-state index in [0.717, 1.165) is 16.6 Å². The zero-order valence-electron chi connectivity index (χ0n) is 16.1. The average molecular weight is 474 g/mol. The minimum Gasteiger partial charge on any atom is -0.502 e. The molecule has 2 heterocycles. The highest BCUT2D eigenvalue weighted by atomic mass is 35.5. The van der Waals surface area contributed by atoms with Crippen LogP contribution in [0.4, 0.5) is 5.69 Å². The van der Waals surface area contributed by atoms with Crippen LogP contribution in [-0.2, 0) is 6.61 Å². The number of benzene rings is 2. The molecule has 4 rings (SSSR count). The maximum absolute atomic E-state index is 7.47. The Labute approximate surface area is 193 Å². The minimum atomic E-state index is 0.185. The molecule has 0 radical (unpaired) electrons. The molecule has 0 amide bonds. The molecule has 0 aliphatic heterocycles. The van der Waals surface area contributed by atoms with E-state index in [0.29, 0.717) is 33.8 Å². The second-order valence-electron chi connectivity index (χ2n) is 6.44. The van der Waals surface area contributed by atoms with Crippen molar-refractivity contribution in [2.45, 2.75) is 6.61 Å². The first-order chi connectivity index (χ1) is 15.1. The van der Waals surface area contributed by atoms with Gasteiger partial charge < -0.3 is 14.0 Å². The molecule has 0 atom stereocenters. The number of nitrogens with zero attached hydrogens (tertiary/aromatic N) is 4. The topological polar surface area (TPSA) is 53.5 Å². The van der Waals surface area contributed by atoms with Crippen LogP contribution < -0.4 is 9.47 Å². The number of fused-ring (bicyclic) bond motifs is 1. The van der Waals surface area contributed by atoms with Crippen molar-refractivity contribution in [2.24, 2.45) is 0 Å². The normalized spacial score (nSPS) is 10.8. The van der Waals surface area contributed by atoms with Crippen LogP contribution in [-0.4, -0.2) is 27.0 Å². The molecule has 156 valence electrons. The summed E-state index contributed by atoms with van der Waals surface area (Å²) in [6.07, 6.45) is 3.50. The van der Waals surface area contributed by atoms with Gasteiger partial charge in [-0.3, -0.25) is 0 Å². The number of halogens is 3. The van der Waals surface area contributed by atoms with E-state index in [1.807, 2.05) is 35.0 Å². The Kier molecular flexibility index (Phi) is 6.47. The Morgan fingerprint density at radius 2 is 1.94 bits per heavy atom. The fraction of sp³-hybridized carbons (Fsp3) is 0.136. The summed E-state index contributed by atoms with van der Waals surface area (Å²) in [4.78, 5) is 11.5. The van der Waals surface area contributed by atoms with Crippen LogP contribution in [0.25, 0.3) is 21.4 Å². The molecule has 31 heavy (non-hydrogen) atoms. The van der Waals surface area contributed by atoms with Crippen LogP contribution in [0.2, 0.25) is 10.3 Å². The van der Waals surface area contributed by atoms with E-state index in [-0.39, 0.29) is 18.5 Å². The Balaban J connectivity index is 1.61. The van der Waals surface area contributed by atoms with Gasteiger partial charge in [0.05, 0.1) is 35.3 Å². The fourth-order valence-corrected chi connectivity index (χ4v) is 3.62. The standard InChI is InChI=1S/C22H15Cl3N4O2/c1-26-19-12-16(11-18(24)21(19)30-9-6-23)29-8-5-14-10-17(2-3-20(14)29)31-13-15-4-7-27-22(25)28-15/h2-5,7-8,10-12H,6,9,13H2. The molecular weight excluding hydrogens is 459 g/mol. The lowest BCUT2D eigenvalue weighted by Gasteiger charge is -2.13. The van der Waals surface area contributed by atoms with Gasteiger partial charge >= 0.3 is 0 Å². The predicted octanol–water partition coefficient (Wildman–Crippen LogP) is 6.47. The highest BCUT2D eigenvalue weighted by Crippen LogP contribution is 2.39. The van der Waals surface area contributed by atoms with E-state index in [2.05, 4.69) is 14.8 Å². The smallest absolute Gasteiger partial charge is 0.231 e. The summed E-state index contributed by atoms with van der Waals surface area (Å²) in [5.74, 6) is 1.36. The van der Waals surface area contributed by atoms with Crippen LogP contribution in [0, 0.1) is 6.57 Å². The van der Waals surface area contributed by atoms with Crippen LogP contribution >= 0.6 is 34.8 Å². The lowest BCUT2D eigenvalue weighted by molar-refractivity contribution is 0.301. The number of hydrogen-bond acceptors (Lipinski definition) is 4. The highest BCUT2D eigenvalue weighted by Gasteiger charge is 2.14. The highest BCUT2D eigenvalue weighted by molar-refractivity contribution is 6.32. The SMILES string of the molecule is [C-]#[N+]c1cc(-n2ccc3cc(OCc4ccnc(Cl)n4)ccc32)cc(Cl)c1OCCCl. The van der Waals surface area contributed by atoms with Crippen molar-refractivity contribution >= 4 is 51.4 Å². The van der Waals surface area contributed by atoms with Gasteiger partial charge in [-0.05, 0) is 54.1 Å². The van der Waals surface area contributed by atoms with Crippen molar-refractivity contribution in [1.82, 2.24) is 14.5 Å². The number of ether oxygens (including phenoxy) is 2. The summed E-state index contributed by atoms with van der Waals surface area (Å²) in [6.45, 7) is 8.03. The van der Waals surface area contributed by atoms with Crippen LogP contribution in [0.15, 0.2) is 54.9 Å². The summed E-state index contributed by atoms with van der Waals surface area (Å²) < 4.78 is 13.3. The molecule has 0 saturated carbocycles. The van der Waals surface area contributed by atoms with E-state index < -0.39 is 0 Å². The average Bonchev–Trinajstić information content (AvgIpc) is 3.20. The van der Waals surface area contributed by atoms with Crippen molar-refractivity contribution in [2.75, 3.05) is 12.5 Å². The van der Waals surface area contributed by atoms with Gasteiger partial charge in [0.2, 0.25) is 11.0 Å². The third kappa shape index (κ3) is 4.70. The maximum Gasteiger partial charge on any atom is 0.231 e. The van der Waals surface area contributed by atoms with Gasteiger partial charge in [0, 0.05) is 23.5 Å². The van der Waals surface area contributed by atoms with E-state index in [1.165, 1.54) is 0 Å². The lowest BCUT2D eigenvalue weighted by Crippen LogP contribution is -2.00. The number of rotatable bonds is 7. The van der Waals surface area contributed by atoms with E-state index in [9.17, 15) is 0 Å². The molecule has 0 fully saturated rings. The van der Waals surface area contributed by atoms with E-state index in [4.69, 9.17) is 50.8 Å². The van der Waals surface area contributed by atoms with Crippen molar-refractivity contribution in [3.05, 3.63) is 82.3 Å². The third-order valence-electron chi connectivity index (χ3n) is 4.46. The summed E-state index contributed by atoms with van der Waals surface area (Å²) in [5.41, 5.74) is 2.72.